The van der Waals surface area contributed by atoms with Gasteiger partial charge in [0.25, 0.3) is 17.7 Å². The molecule has 0 saturated heterocycles. The Morgan fingerprint density at radius 3 is 2.13 bits per heavy atom. The van der Waals surface area contributed by atoms with Crippen LogP contribution in [0.4, 0.5) is 17.1 Å². The predicted octanol–water partition coefficient (Wildman–Crippen LogP) is 1.58. The number of amides is 3. The second kappa shape index (κ2) is 8.88. The van der Waals surface area contributed by atoms with Crippen LogP contribution in [0.25, 0.3) is 0 Å². The van der Waals surface area contributed by atoms with Crippen LogP contribution >= 0.6 is 0 Å². The SMILES string of the molecule is CNC(=O)c1[nH]cnc1C(=O)Nc1ccc(NC(=O)c2ccccc2N(C)N)cc1. The minimum Gasteiger partial charge on any atom is -0.354 e. The number of anilines is 3. The highest BCUT2D eigenvalue weighted by Gasteiger charge is 2.19. The number of nitrogens with one attached hydrogen (secondary N) is 4. The maximum Gasteiger partial charge on any atom is 0.276 e. The fourth-order valence-corrected chi connectivity index (χ4v) is 2.76. The summed E-state index contributed by atoms with van der Waals surface area (Å²) in [5, 5.41) is 9.26. The lowest BCUT2D eigenvalue weighted by atomic mass is 10.1. The average molecular weight is 407 g/mol. The molecule has 0 saturated carbocycles. The van der Waals surface area contributed by atoms with Crippen molar-refractivity contribution in [1.82, 2.24) is 15.3 Å². The monoisotopic (exact) mass is 407 g/mol. The van der Waals surface area contributed by atoms with Gasteiger partial charge in [0.15, 0.2) is 5.69 Å². The number of carbonyl (C=O) groups excluding carboxylic acids is 3. The third-order valence-electron chi connectivity index (χ3n) is 4.24. The van der Waals surface area contributed by atoms with Crippen LogP contribution in [0, 0.1) is 0 Å². The Kier molecular flexibility index (Phi) is 6.08. The fraction of sp³-hybridized carbons (Fsp3) is 0.100. The van der Waals surface area contributed by atoms with Crippen molar-refractivity contribution in [1.29, 1.82) is 0 Å². The van der Waals surface area contributed by atoms with Crippen LogP contribution < -0.4 is 26.8 Å². The average Bonchev–Trinajstić information content (AvgIpc) is 3.24. The van der Waals surface area contributed by atoms with Crippen LogP contribution in [0.1, 0.15) is 31.3 Å². The summed E-state index contributed by atoms with van der Waals surface area (Å²) in [5.41, 5.74) is 2.09. The molecule has 0 unspecified atom stereocenters. The quantitative estimate of drug-likeness (QED) is 0.310. The number of imidazole rings is 1. The lowest BCUT2D eigenvalue weighted by Crippen LogP contribution is -2.28. The summed E-state index contributed by atoms with van der Waals surface area (Å²) < 4.78 is 0. The van der Waals surface area contributed by atoms with E-state index < -0.39 is 11.8 Å². The molecule has 0 spiro atoms. The van der Waals surface area contributed by atoms with Crippen molar-refractivity contribution >= 4 is 34.8 Å². The Morgan fingerprint density at radius 2 is 1.53 bits per heavy atom. The number of nitrogens with two attached hydrogens (primary N) is 1. The molecule has 0 aliphatic rings. The first kappa shape index (κ1) is 20.6. The van der Waals surface area contributed by atoms with Gasteiger partial charge < -0.3 is 25.9 Å². The molecule has 1 aromatic heterocycles. The molecular formula is C20H21N7O3. The van der Waals surface area contributed by atoms with E-state index in [1.165, 1.54) is 18.4 Å². The minimum absolute atomic E-state index is 0.0192. The van der Waals surface area contributed by atoms with E-state index in [4.69, 9.17) is 5.84 Å². The van der Waals surface area contributed by atoms with E-state index in [0.29, 0.717) is 22.6 Å². The van der Waals surface area contributed by atoms with Gasteiger partial charge in [0, 0.05) is 25.5 Å². The van der Waals surface area contributed by atoms with Crippen LogP contribution in [0.5, 0.6) is 0 Å². The molecular weight excluding hydrogens is 386 g/mol. The Hall–Kier alpha value is -4.18. The number of aromatic amines is 1. The highest BCUT2D eigenvalue weighted by Crippen LogP contribution is 2.20. The zero-order chi connectivity index (χ0) is 21.7. The van der Waals surface area contributed by atoms with Crippen LogP contribution in [-0.4, -0.2) is 41.8 Å². The summed E-state index contributed by atoms with van der Waals surface area (Å²) in [6.45, 7) is 0. The van der Waals surface area contributed by atoms with Gasteiger partial charge in [-0.15, -0.1) is 0 Å². The number of hydrazine groups is 1. The number of nitrogens with zero attached hydrogens (tertiary/aromatic N) is 2. The standard InChI is InChI=1S/C20H21N7O3/c1-22-19(29)16-17(24-11-23-16)20(30)26-13-9-7-12(8-10-13)25-18(28)14-5-3-4-6-15(14)27(2)21/h3-11H,21H2,1-2H3,(H,22,29)(H,23,24)(H,25,28)(H,26,30). The van der Waals surface area contributed by atoms with E-state index in [1.807, 2.05) is 0 Å². The Morgan fingerprint density at radius 1 is 0.933 bits per heavy atom. The molecule has 30 heavy (non-hydrogen) atoms. The Balaban J connectivity index is 1.69. The molecule has 10 heteroatoms. The molecule has 0 radical (unpaired) electrons. The Bertz CT molecular complexity index is 1070. The summed E-state index contributed by atoms with van der Waals surface area (Å²) in [5.74, 6) is 4.48. The van der Waals surface area contributed by atoms with E-state index in [1.54, 1.807) is 55.6 Å². The molecule has 3 rings (SSSR count). The van der Waals surface area contributed by atoms with Crippen LogP contribution in [-0.2, 0) is 0 Å². The first-order chi connectivity index (χ1) is 14.4. The molecule has 3 amide bonds. The fourth-order valence-electron chi connectivity index (χ4n) is 2.76. The smallest absolute Gasteiger partial charge is 0.276 e. The zero-order valence-corrected chi connectivity index (χ0v) is 16.4. The normalized spacial score (nSPS) is 10.2. The second-order valence-electron chi connectivity index (χ2n) is 6.32. The predicted molar refractivity (Wildman–Crippen MR) is 113 cm³/mol. The first-order valence-electron chi connectivity index (χ1n) is 8.96. The Labute approximate surface area is 172 Å². The van der Waals surface area contributed by atoms with Gasteiger partial charge in [-0.25, -0.2) is 10.8 Å². The third-order valence-corrected chi connectivity index (χ3v) is 4.24. The number of hydrogen-bond donors (Lipinski definition) is 5. The summed E-state index contributed by atoms with van der Waals surface area (Å²) >= 11 is 0. The van der Waals surface area contributed by atoms with Gasteiger partial charge in [-0.05, 0) is 36.4 Å². The first-order valence-corrected chi connectivity index (χ1v) is 8.96. The summed E-state index contributed by atoms with van der Waals surface area (Å²) in [6.07, 6.45) is 1.27. The number of para-hydroxylation sites is 1. The maximum absolute atomic E-state index is 12.6. The summed E-state index contributed by atoms with van der Waals surface area (Å²) in [4.78, 5) is 43.3. The van der Waals surface area contributed by atoms with E-state index in [0.717, 1.165) is 0 Å². The van der Waals surface area contributed by atoms with Gasteiger partial charge in [-0.1, -0.05) is 12.1 Å². The summed E-state index contributed by atoms with van der Waals surface area (Å²) in [6, 6.07) is 13.5. The zero-order valence-electron chi connectivity index (χ0n) is 16.4. The number of benzene rings is 2. The van der Waals surface area contributed by atoms with E-state index >= 15 is 0 Å². The van der Waals surface area contributed by atoms with Crippen molar-refractivity contribution in [3.8, 4) is 0 Å². The van der Waals surface area contributed by atoms with Crippen LogP contribution in [0.3, 0.4) is 0 Å². The van der Waals surface area contributed by atoms with Gasteiger partial charge in [-0.3, -0.25) is 14.4 Å². The lowest BCUT2D eigenvalue weighted by Gasteiger charge is -2.16. The molecule has 3 aromatic rings. The van der Waals surface area contributed by atoms with Gasteiger partial charge in [-0.2, -0.15) is 0 Å². The van der Waals surface area contributed by atoms with Crippen molar-refractivity contribution in [2.45, 2.75) is 0 Å². The second-order valence-corrected chi connectivity index (χ2v) is 6.32. The lowest BCUT2D eigenvalue weighted by molar-refractivity contribution is 0.0943. The maximum atomic E-state index is 12.6. The van der Waals surface area contributed by atoms with E-state index in [9.17, 15) is 14.4 Å². The third kappa shape index (κ3) is 4.45. The highest BCUT2D eigenvalue weighted by atomic mass is 16.2. The van der Waals surface area contributed by atoms with Gasteiger partial charge in [0.05, 0.1) is 17.6 Å². The molecule has 2 aromatic carbocycles. The topological polar surface area (TPSA) is 145 Å². The van der Waals surface area contributed by atoms with Gasteiger partial charge in [0.2, 0.25) is 0 Å². The van der Waals surface area contributed by atoms with Gasteiger partial charge >= 0.3 is 0 Å². The molecule has 10 nitrogen and oxygen atoms in total. The molecule has 154 valence electrons. The summed E-state index contributed by atoms with van der Waals surface area (Å²) in [7, 11) is 3.11. The number of aromatic nitrogens is 2. The van der Waals surface area contributed by atoms with Crippen LogP contribution in [0.15, 0.2) is 54.9 Å². The van der Waals surface area contributed by atoms with Crippen molar-refractivity contribution in [3.05, 3.63) is 71.8 Å². The van der Waals surface area contributed by atoms with Crippen molar-refractivity contribution in [2.75, 3.05) is 29.7 Å². The number of hydrogen-bond acceptors (Lipinski definition) is 6. The van der Waals surface area contributed by atoms with Crippen molar-refractivity contribution in [2.24, 2.45) is 5.84 Å². The number of H-pyrrole nitrogens is 1. The van der Waals surface area contributed by atoms with Crippen LogP contribution in [0.2, 0.25) is 0 Å². The van der Waals surface area contributed by atoms with Gasteiger partial charge in [0.1, 0.15) is 5.69 Å². The van der Waals surface area contributed by atoms with E-state index in [-0.39, 0.29) is 17.3 Å². The molecule has 6 N–H and O–H groups in total. The molecule has 0 bridgehead atoms. The molecule has 1 heterocycles. The largest absolute Gasteiger partial charge is 0.354 e. The molecule has 0 aliphatic heterocycles. The minimum atomic E-state index is -0.536. The van der Waals surface area contributed by atoms with E-state index in [2.05, 4.69) is 25.9 Å². The highest BCUT2D eigenvalue weighted by molar-refractivity contribution is 6.10. The number of rotatable bonds is 6. The molecule has 0 atom stereocenters. The number of carbonyl (C=O) groups is 3. The molecule has 0 aliphatic carbocycles. The molecule has 0 fully saturated rings. The van der Waals surface area contributed by atoms with Crippen molar-refractivity contribution in [3.63, 3.8) is 0 Å². The van der Waals surface area contributed by atoms with Crippen molar-refractivity contribution < 1.29 is 14.4 Å².